The minimum atomic E-state index is -0.282. The maximum Gasteiger partial charge on any atom is 0.271 e. The quantitative estimate of drug-likeness (QED) is 0.875. The van der Waals surface area contributed by atoms with Gasteiger partial charge in [-0.05, 0) is 33.6 Å². The first-order valence-electron chi connectivity index (χ1n) is 6.94. The predicted octanol–water partition coefficient (Wildman–Crippen LogP) is 1.60. The van der Waals surface area contributed by atoms with Crippen LogP contribution in [0, 0.1) is 0 Å². The second kappa shape index (κ2) is 6.17. The van der Waals surface area contributed by atoms with Crippen LogP contribution in [-0.4, -0.2) is 40.7 Å². The van der Waals surface area contributed by atoms with Crippen LogP contribution < -0.4 is 10.6 Å². The van der Waals surface area contributed by atoms with Crippen LogP contribution in [0.2, 0.25) is 0 Å². The SMILES string of the molecule is CC(C)(C)NC(=O)c1cnc(NCC2CCCO2)cn1. The molecule has 110 valence electrons. The van der Waals surface area contributed by atoms with Gasteiger partial charge in [0.2, 0.25) is 0 Å². The Morgan fingerprint density at radius 3 is 2.75 bits per heavy atom. The third-order valence-corrected chi connectivity index (χ3v) is 2.91. The van der Waals surface area contributed by atoms with Gasteiger partial charge >= 0.3 is 0 Å². The van der Waals surface area contributed by atoms with E-state index in [9.17, 15) is 4.79 Å². The summed E-state index contributed by atoms with van der Waals surface area (Å²) in [4.78, 5) is 20.2. The molecule has 6 heteroatoms. The summed E-state index contributed by atoms with van der Waals surface area (Å²) in [6.07, 6.45) is 5.50. The molecule has 1 aliphatic rings. The lowest BCUT2D eigenvalue weighted by molar-refractivity contribution is 0.0914. The van der Waals surface area contributed by atoms with Gasteiger partial charge in [-0.1, -0.05) is 0 Å². The van der Waals surface area contributed by atoms with Crippen molar-refractivity contribution in [2.24, 2.45) is 0 Å². The van der Waals surface area contributed by atoms with Gasteiger partial charge in [0.1, 0.15) is 11.5 Å². The first-order valence-corrected chi connectivity index (χ1v) is 6.94. The molecule has 1 amide bonds. The van der Waals surface area contributed by atoms with Crippen molar-refractivity contribution in [3.05, 3.63) is 18.1 Å². The summed E-state index contributed by atoms with van der Waals surface area (Å²) in [5, 5.41) is 6.02. The average Bonchev–Trinajstić information content (AvgIpc) is 2.88. The molecular formula is C14H22N4O2. The van der Waals surface area contributed by atoms with Gasteiger partial charge in [0.25, 0.3) is 5.91 Å². The molecule has 0 spiro atoms. The molecule has 1 aliphatic heterocycles. The Balaban J connectivity index is 1.87. The van der Waals surface area contributed by atoms with Gasteiger partial charge in [-0.3, -0.25) is 4.79 Å². The minimum absolute atomic E-state index is 0.212. The van der Waals surface area contributed by atoms with E-state index in [1.807, 2.05) is 20.8 Å². The van der Waals surface area contributed by atoms with Gasteiger partial charge in [0.15, 0.2) is 0 Å². The molecule has 6 nitrogen and oxygen atoms in total. The summed E-state index contributed by atoms with van der Waals surface area (Å²) in [5.74, 6) is 0.448. The molecule has 0 saturated carbocycles. The standard InChI is InChI=1S/C14H22N4O2/c1-14(2,3)18-13(19)11-8-17-12(9-15-11)16-7-10-5-4-6-20-10/h8-10H,4-7H2,1-3H3,(H,16,17)(H,18,19). The maximum atomic E-state index is 11.9. The van der Waals surface area contributed by atoms with Crippen LogP contribution in [0.15, 0.2) is 12.4 Å². The molecule has 1 saturated heterocycles. The number of nitrogens with one attached hydrogen (secondary N) is 2. The summed E-state index contributed by atoms with van der Waals surface area (Å²) < 4.78 is 5.52. The Morgan fingerprint density at radius 2 is 2.20 bits per heavy atom. The number of anilines is 1. The van der Waals surface area contributed by atoms with Gasteiger partial charge in [0, 0.05) is 18.7 Å². The molecule has 0 radical (unpaired) electrons. The minimum Gasteiger partial charge on any atom is -0.376 e. The Bertz CT molecular complexity index is 447. The summed E-state index contributed by atoms with van der Waals surface area (Å²) >= 11 is 0. The number of amides is 1. The molecule has 1 atom stereocenters. The fraction of sp³-hybridized carbons (Fsp3) is 0.643. The normalized spacial score (nSPS) is 18.9. The van der Waals surface area contributed by atoms with Crippen LogP contribution in [0.3, 0.4) is 0 Å². The van der Waals surface area contributed by atoms with Crippen LogP contribution >= 0.6 is 0 Å². The molecular weight excluding hydrogens is 256 g/mol. The van der Waals surface area contributed by atoms with Gasteiger partial charge in [0.05, 0.1) is 18.5 Å². The van der Waals surface area contributed by atoms with Gasteiger partial charge in [-0.2, -0.15) is 0 Å². The van der Waals surface area contributed by atoms with Crippen molar-refractivity contribution in [3.8, 4) is 0 Å². The van der Waals surface area contributed by atoms with E-state index in [1.165, 1.54) is 6.20 Å². The number of nitrogens with zero attached hydrogens (tertiary/aromatic N) is 2. The van der Waals surface area contributed by atoms with E-state index < -0.39 is 0 Å². The summed E-state index contributed by atoms with van der Waals surface area (Å²) in [6.45, 7) is 7.34. The van der Waals surface area contributed by atoms with E-state index in [2.05, 4.69) is 20.6 Å². The zero-order chi connectivity index (χ0) is 14.6. The molecule has 20 heavy (non-hydrogen) atoms. The van der Waals surface area contributed by atoms with Crippen molar-refractivity contribution in [1.29, 1.82) is 0 Å². The van der Waals surface area contributed by atoms with Crippen LogP contribution in [0.4, 0.5) is 5.82 Å². The fourth-order valence-electron chi connectivity index (χ4n) is 1.96. The lowest BCUT2D eigenvalue weighted by Crippen LogP contribution is -2.41. The number of carbonyl (C=O) groups is 1. The molecule has 1 aromatic heterocycles. The monoisotopic (exact) mass is 278 g/mol. The molecule has 2 heterocycles. The molecule has 1 fully saturated rings. The van der Waals surface area contributed by atoms with Crippen LogP contribution in [0.5, 0.6) is 0 Å². The molecule has 0 aliphatic carbocycles. The number of aromatic nitrogens is 2. The number of carbonyl (C=O) groups excluding carboxylic acids is 1. The number of rotatable bonds is 4. The largest absolute Gasteiger partial charge is 0.376 e. The Kier molecular flexibility index (Phi) is 4.54. The van der Waals surface area contributed by atoms with Crippen molar-refractivity contribution in [2.45, 2.75) is 45.3 Å². The zero-order valence-corrected chi connectivity index (χ0v) is 12.3. The van der Waals surface area contributed by atoms with Crippen LogP contribution in [-0.2, 0) is 4.74 Å². The Hall–Kier alpha value is -1.69. The average molecular weight is 278 g/mol. The predicted molar refractivity (Wildman–Crippen MR) is 76.7 cm³/mol. The second-order valence-electron chi connectivity index (χ2n) is 6.01. The summed E-state index contributed by atoms with van der Waals surface area (Å²) in [5.41, 5.74) is 0.0396. The smallest absolute Gasteiger partial charge is 0.271 e. The molecule has 2 N–H and O–H groups in total. The maximum absolute atomic E-state index is 11.9. The van der Waals surface area contributed by atoms with E-state index in [1.54, 1.807) is 6.20 Å². The Morgan fingerprint density at radius 1 is 1.40 bits per heavy atom. The lowest BCUT2D eigenvalue weighted by Gasteiger charge is -2.20. The summed E-state index contributed by atoms with van der Waals surface area (Å²) in [7, 11) is 0. The van der Waals surface area contributed by atoms with E-state index in [-0.39, 0.29) is 17.6 Å². The number of hydrogen-bond donors (Lipinski definition) is 2. The second-order valence-corrected chi connectivity index (χ2v) is 6.01. The number of ether oxygens (including phenoxy) is 1. The van der Waals surface area contributed by atoms with E-state index in [4.69, 9.17) is 4.74 Å². The lowest BCUT2D eigenvalue weighted by atomic mass is 10.1. The third kappa shape index (κ3) is 4.45. The molecule has 0 aromatic carbocycles. The van der Waals surface area contributed by atoms with Crippen molar-refractivity contribution in [3.63, 3.8) is 0 Å². The molecule has 0 bridgehead atoms. The molecule has 2 rings (SSSR count). The van der Waals surface area contributed by atoms with Crippen LogP contribution in [0.1, 0.15) is 44.1 Å². The van der Waals surface area contributed by atoms with Crippen molar-refractivity contribution in [1.82, 2.24) is 15.3 Å². The summed E-state index contributed by atoms with van der Waals surface area (Å²) in [6, 6.07) is 0. The number of hydrogen-bond acceptors (Lipinski definition) is 5. The Labute approximate surface area is 119 Å². The zero-order valence-electron chi connectivity index (χ0n) is 12.3. The van der Waals surface area contributed by atoms with E-state index in [0.717, 1.165) is 26.0 Å². The topological polar surface area (TPSA) is 76.1 Å². The first-order chi connectivity index (χ1) is 9.44. The van der Waals surface area contributed by atoms with Crippen molar-refractivity contribution in [2.75, 3.05) is 18.5 Å². The highest BCUT2D eigenvalue weighted by atomic mass is 16.5. The molecule has 1 aromatic rings. The van der Waals surface area contributed by atoms with Gasteiger partial charge in [-0.25, -0.2) is 9.97 Å². The highest BCUT2D eigenvalue weighted by Crippen LogP contribution is 2.12. The third-order valence-electron chi connectivity index (χ3n) is 2.91. The van der Waals surface area contributed by atoms with Crippen molar-refractivity contribution < 1.29 is 9.53 Å². The van der Waals surface area contributed by atoms with Gasteiger partial charge < -0.3 is 15.4 Å². The van der Waals surface area contributed by atoms with E-state index in [0.29, 0.717) is 11.5 Å². The molecule has 1 unspecified atom stereocenters. The van der Waals surface area contributed by atoms with E-state index >= 15 is 0 Å². The highest BCUT2D eigenvalue weighted by molar-refractivity contribution is 5.92. The van der Waals surface area contributed by atoms with Crippen LogP contribution in [0.25, 0.3) is 0 Å². The highest BCUT2D eigenvalue weighted by Gasteiger charge is 2.17. The van der Waals surface area contributed by atoms with Crippen molar-refractivity contribution >= 4 is 11.7 Å². The fourth-order valence-corrected chi connectivity index (χ4v) is 1.96. The first kappa shape index (κ1) is 14.7. The van der Waals surface area contributed by atoms with Gasteiger partial charge in [-0.15, -0.1) is 0 Å².